The molecule has 3 rings (SSSR count). The summed E-state index contributed by atoms with van der Waals surface area (Å²) in [5.74, 6) is 1.43. The van der Waals surface area contributed by atoms with Crippen LogP contribution < -0.4 is 5.73 Å². The van der Waals surface area contributed by atoms with E-state index in [1.54, 1.807) is 7.11 Å². The first-order valence-corrected chi connectivity index (χ1v) is 7.02. The lowest BCUT2D eigenvalue weighted by Crippen LogP contribution is -2.56. The van der Waals surface area contributed by atoms with Crippen molar-refractivity contribution in [1.29, 1.82) is 0 Å². The molecule has 1 saturated carbocycles. The summed E-state index contributed by atoms with van der Waals surface area (Å²) >= 11 is 0. The van der Waals surface area contributed by atoms with Crippen LogP contribution in [0, 0.1) is 0 Å². The third-order valence-electron chi connectivity index (χ3n) is 4.21. The Morgan fingerprint density at radius 1 is 1.60 bits per heavy atom. The Hall–Kier alpha value is -1.47. The molecule has 0 aromatic carbocycles. The Kier molecular flexibility index (Phi) is 3.47. The smallest absolute Gasteiger partial charge is 0.240 e. The molecule has 1 aromatic rings. The van der Waals surface area contributed by atoms with Crippen molar-refractivity contribution in [1.82, 2.24) is 15.0 Å². The second-order valence-corrected chi connectivity index (χ2v) is 5.68. The van der Waals surface area contributed by atoms with Crippen LogP contribution in [0.5, 0.6) is 0 Å². The van der Waals surface area contributed by atoms with Gasteiger partial charge in [-0.05, 0) is 32.2 Å². The van der Waals surface area contributed by atoms with E-state index in [1.165, 1.54) is 0 Å². The molecule has 1 unspecified atom stereocenters. The quantitative estimate of drug-likeness (QED) is 0.811. The molecule has 1 saturated heterocycles. The van der Waals surface area contributed by atoms with Crippen LogP contribution in [-0.2, 0) is 16.1 Å². The number of amides is 1. The van der Waals surface area contributed by atoms with Gasteiger partial charge in [-0.1, -0.05) is 5.16 Å². The van der Waals surface area contributed by atoms with E-state index in [0.29, 0.717) is 31.3 Å². The van der Waals surface area contributed by atoms with E-state index in [4.69, 9.17) is 15.0 Å². The number of rotatable bonds is 6. The number of hydrogen-bond acceptors (Lipinski definition) is 6. The maximum absolute atomic E-state index is 11.9. The Morgan fingerprint density at radius 3 is 3.05 bits per heavy atom. The third kappa shape index (κ3) is 2.31. The maximum atomic E-state index is 11.9. The lowest BCUT2D eigenvalue weighted by molar-refractivity contribution is -0.132. The molecule has 7 heteroatoms. The average Bonchev–Trinajstić information content (AvgIpc) is 3.04. The van der Waals surface area contributed by atoms with Gasteiger partial charge in [-0.15, -0.1) is 0 Å². The Morgan fingerprint density at radius 2 is 2.40 bits per heavy atom. The number of primary amides is 1. The Labute approximate surface area is 117 Å². The van der Waals surface area contributed by atoms with Crippen LogP contribution in [0.4, 0.5) is 0 Å². The monoisotopic (exact) mass is 280 g/mol. The zero-order chi connectivity index (χ0) is 14.2. The highest BCUT2D eigenvalue weighted by atomic mass is 16.5. The zero-order valence-corrected chi connectivity index (χ0v) is 11.7. The largest absolute Gasteiger partial charge is 0.382 e. The van der Waals surface area contributed by atoms with Crippen LogP contribution >= 0.6 is 0 Å². The van der Waals surface area contributed by atoms with Gasteiger partial charge in [-0.3, -0.25) is 9.69 Å². The Bertz CT molecular complexity index is 500. The van der Waals surface area contributed by atoms with Crippen molar-refractivity contribution in [2.24, 2.45) is 5.73 Å². The van der Waals surface area contributed by atoms with Gasteiger partial charge in [0, 0.05) is 13.0 Å². The third-order valence-corrected chi connectivity index (χ3v) is 4.21. The van der Waals surface area contributed by atoms with Gasteiger partial charge in [0.05, 0.1) is 13.2 Å². The summed E-state index contributed by atoms with van der Waals surface area (Å²) in [5, 5.41) is 4.01. The number of methoxy groups -OCH3 is 1. The molecular formula is C13H20N4O3. The number of hydrogen-bond donors (Lipinski definition) is 1. The molecule has 1 aromatic heterocycles. The van der Waals surface area contributed by atoms with E-state index in [2.05, 4.69) is 10.1 Å². The molecule has 1 aliphatic carbocycles. The number of likely N-dealkylation sites (tertiary alicyclic amines) is 1. The second-order valence-electron chi connectivity index (χ2n) is 5.68. The summed E-state index contributed by atoms with van der Waals surface area (Å²) in [6.07, 6.45) is 3.88. The van der Waals surface area contributed by atoms with Gasteiger partial charge >= 0.3 is 0 Å². The van der Waals surface area contributed by atoms with Crippen molar-refractivity contribution >= 4 is 5.91 Å². The van der Waals surface area contributed by atoms with Crippen LogP contribution in [0.25, 0.3) is 0 Å². The van der Waals surface area contributed by atoms with Crippen molar-refractivity contribution in [2.45, 2.75) is 43.7 Å². The highest BCUT2D eigenvalue weighted by molar-refractivity contribution is 5.85. The van der Waals surface area contributed by atoms with E-state index >= 15 is 0 Å². The molecule has 0 bridgehead atoms. The fourth-order valence-corrected chi connectivity index (χ4v) is 2.92. The summed E-state index contributed by atoms with van der Waals surface area (Å²) in [6.45, 7) is 1.57. The highest BCUT2D eigenvalue weighted by Crippen LogP contribution is 2.39. The Balaban J connectivity index is 1.75. The van der Waals surface area contributed by atoms with Crippen molar-refractivity contribution in [3.05, 3.63) is 11.7 Å². The molecule has 0 spiro atoms. The minimum absolute atomic E-state index is 0.301. The zero-order valence-electron chi connectivity index (χ0n) is 11.7. The molecule has 1 aliphatic heterocycles. The second kappa shape index (κ2) is 5.14. The van der Waals surface area contributed by atoms with E-state index in [0.717, 1.165) is 31.7 Å². The summed E-state index contributed by atoms with van der Waals surface area (Å²) in [7, 11) is 1.58. The normalized spacial score (nSPS) is 27.1. The van der Waals surface area contributed by atoms with Crippen LogP contribution in [-0.4, -0.2) is 46.7 Å². The van der Waals surface area contributed by atoms with Gasteiger partial charge in [-0.25, -0.2) is 0 Å². The first-order valence-electron chi connectivity index (χ1n) is 7.02. The van der Waals surface area contributed by atoms with Gasteiger partial charge in [0.2, 0.25) is 11.8 Å². The lowest BCUT2D eigenvalue weighted by atomic mass is 9.96. The molecule has 7 nitrogen and oxygen atoms in total. The van der Waals surface area contributed by atoms with Gasteiger partial charge in [0.25, 0.3) is 0 Å². The number of aromatic nitrogens is 2. The molecular weight excluding hydrogens is 260 g/mol. The van der Waals surface area contributed by atoms with E-state index in [-0.39, 0.29) is 5.91 Å². The van der Waals surface area contributed by atoms with E-state index < -0.39 is 5.54 Å². The SMILES string of the molecule is COCC1(C(N)=O)CCCN1Cc1noc(C2CC2)n1. The first kappa shape index (κ1) is 13.5. The van der Waals surface area contributed by atoms with Gasteiger partial charge in [0.1, 0.15) is 5.54 Å². The predicted molar refractivity (Wildman–Crippen MR) is 69.7 cm³/mol. The minimum Gasteiger partial charge on any atom is -0.382 e. The van der Waals surface area contributed by atoms with Gasteiger partial charge < -0.3 is 15.0 Å². The van der Waals surface area contributed by atoms with Crippen LogP contribution in [0.15, 0.2) is 4.52 Å². The van der Waals surface area contributed by atoms with Crippen molar-refractivity contribution in [3.8, 4) is 0 Å². The van der Waals surface area contributed by atoms with Crippen molar-refractivity contribution < 1.29 is 14.1 Å². The predicted octanol–water partition coefficient (Wildman–Crippen LogP) is 0.413. The topological polar surface area (TPSA) is 94.5 Å². The minimum atomic E-state index is -0.741. The molecule has 2 heterocycles. The van der Waals surface area contributed by atoms with Crippen molar-refractivity contribution in [2.75, 3.05) is 20.3 Å². The van der Waals surface area contributed by atoms with E-state index in [9.17, 15) is 4.79 Å². The summed E-state index contributed by atoms with van der Waals surface area (Å²) < 4.78 is 10.5. The number of nitrogens with two attached hydrogens (primary N) is 1. The molecule has 1 atom stereocenters. The number of nitrogens with zero attached hydrogens (tertiary/aromatic N) is 3. The molecule has 20 heavy (non-hydrogen) atoms. The van der Waals surface area contributed by atoms with Crippen LogP contribution in [0.2, 0.25) is 0 Å². The van der Waals surface area contributed by atoms with Gasteiger partial charge in [0.15, 0.2) is 5.82 Å². The number of carbonyl (C=O) groups is 1. The fraction of sp³-hybridized carbons (Fsp3) is 0.769. The van der Waals surface area contributed by atoms with Crippen LogP contribution in [0.1, 0.15) is 43.3 Å². The molecule has 110 valence electrons. The van der Waals surface area contributed by atoms with Gasteiger partial charge in [-0.2, -0.15) is 4.98 Å². The summed E-state index contributed by atoms with van der Waals surface area (Å²) in [4.78, 5) is 18.3. The van der Waals surface area contributed by atoms with Crippen molar-refractivity contribution in [3.63, 3.8) is 0 Å². The summed E-state index contributed by atoms with van der Waals surface area (Å²) in [6, 6.07) is 0. The first-order chi connectivity index (χ1) is 9.65. The number of carbonyl (C=O) groups excluding carboxylic acids is 1. The molecule has 1 amide bonds. The summed E-state index contributed by atoms with van der Waals surface area (Å²) in [5.41, 5.74) is 4.86. The standard InChI is InChI=1S/C13H20N4O3/c1-19-8-13(12(14)18)5-2-6-17(13)7-10-15-11(20-16-10)9-3-4-9/h9H,2-8H2,1H3,(H2,14,18). The lowest BCUT2D eigenvalue weighted by Gasteiger charge is -2.34. The molecule has 2 fully saturated rings. The highest BCUT2D eigenvalue weighted by Gasteiger charge is 2.46. The fourth-order valence-electron chi connectivity index (χ4n) is 2.92. The molecule has 2 N–H and O–H groups in total. The number of ether oxygens (including phenoxy) is 1. The molecule has 2 aliphatic rings. The average molecular weight is 280 g/mol. The van der Waals surface area contributed by atoms with Crippen LogP contribution in [0.3, 0.4) is 0 Å². The molecule has 0 radical (unpaired) electrons. The maximum Gasteiger partial charge on any atom is 0.240 e. The van der Waals surface area contributed by atoms with E-state index in [1.807, 2.05) is 4.90 Å².